The van der Waals surface area contributed by atoms with Crippen LogP contribution < -0.4 is 0 Å². The number of carbonyl (C=O) groups excluding carboxylic acids is 2. The number of carbonyl (C=O) groups is 2. The van der Waals surface area contributed by atoms with Crippen LogP contribution in [0.3, 0.4) is 0 Å². The van der Waals surface area contributed by atoms with Crippen LogP contribution >= 0.6 is 0 Å². The van der Waals surface area contributed by atoms with Gasteiger partial charge in [-0.3, -0.25) is 9.80 Å². The highest BCUT2D eigenvalue weighted by Crippen LogP contribution is 2.51. The zero-order valence-corrected chi connectivity index (χ0v) is 29.9. The lowest BCUT2D eigenvalue weighted by molar-refractivity contribution is 0.00523. The van der Waals surface area contributed by atoms with E-state index in [1.54, 1.807) is 0 Å². The number of likely N-dealkylation sites (tertiary alicyclic amines) is 2. The van der Waals surface area contributed by atoms with Crippen molar-refractivity contribution in [3.05, 3.63) is 72.6 Å². The van der Waals surface area contributed by atoms with E-state index in [0.29, 0.717) is 11.8 Å². The zero-order valence-electron chi connectivity index (χ0n) is 29.9. The van der Waals surface area contributed by atoms with Gasteiger partial charge in [-0.05, 0) is 114 Å². The Morgan fingerprint density at radius 2 is 0.960 bits per heavy atom. The number of aromatic nitrogens is 4. The maximum atomic E-state index is 13.2. The number of hydrogen-bond acceptors (Lipinski definition) is 6. The van der Waals surface area contributed by atoms with E-state index in [4.69, 9.17) is 19.4 Å². The minimum absolute atomic E-state index is 0.0849. The van der Waals surface area contributed by atoms with Crippen LogP contribution in [0.15, 0.2) is 60.9 Å². The van der Waals surface area contributed by atoms with E-state index in [1.165, 1.54) is 0 Å². The van der Waals surface area contributed by atoms with E-state index >= 15 is 0 Å². The van der Waals surface area contributed by atoms with Gasteiger partial charge in [0.25, 0.3) is 0 Å². The van der Waals surface area contributed by atoms with Gasteiger partial charge in [0.05, 0.1) is 35.9 Å². The van der Waals surface area contributed by atoms with Crippen LogP contribution in [0.1, 0.15) is 104 Å². The summed E-state index contributed by atoms with van der Waals surface area (Å²) < 4.78 is 11.6. The molecule has 50 heavy (non-hydrogen) atoms. The normalized spacial score (nSPS) is 25.8. The molecule has 2 aromatic heterocycles. The third-order valence-corrected chi connectivity index (χ3v) is 10.9. The summed E-state index contributed by atoms with van der Waals surface area (Å²) in [4.78, 5) is 46.8. The molecule has 2 saturated carbocycles. The third-order valence-electron chi connectivity index (χ3n) is 10.9. The van der Waals surface area contributed by atoms with Crippen molar-refractivity contribution in [2.45, 2.75) is 115 Å². The van der Waals surface area contributed by atoms with E-state index in [-0.39, 0.29) is 36.4 Å². The fraction of sp³-hybridized carbons (Fsp3) is 0.500. The van der Waals surface area contributed by atoms with E-state index < -0.39 is 11.2 Å². The second-order valence-corrected chi connectivity index (χ2v) is 16.6. The lowest BCUT2D eigenvalue weighted by Crippen LogP contribution is -2.43. The first-order valence-corrected chi connectivity index (χ1v) is 18.1. The number of hydrogen-bond donors (Lipinski definition) is 2. The second kappa shape index (κ2) is 12.0. The van der Waals surface area contributed by atoms with E-state index in [0.717, 1.165) is 83.8 Å². The first kappa shape index (κ1) is 32.6. The molecule has 0 radical (unpaired) electrons. The summed E-state index contributed by atoms with van der Waals surface area (Å²) in [6.45, 7) is 11.5. The molecule has 8 rings (SSSR count). The van der Waals surface area contributed by atoms with Gasteiger partial charge in [-0.25, -0.2) is 19.6 Å². The molecule has 6 atom stereocenters. The summed E-state index contributed by atoms with van der Waals surface area (Å²) in [7, 11) is 0. The molecular formula is C40H48N6O4. The van der Waals surface area contributed by atoms with Gasteiger partial charge in [0, 0.05) is 12.1 Å². The van der Waals surface area contributed by atoms with Gasteiger partial charge < -0.3 is 19.4 Å². The minimum atomic E-state index is -0.537. The van der Waals surface area contributed by atoms with Crippen molar-refractivity contribution in [1.82, 2.24) is 29.7 Å². The van der Waals surface area contributed by atoms with Gasteiger partial charge in [-0.1, -0.05) is 48.5 Å². The standard InChI is InChI=1S/C40H48N6O4/c1-39(2,3)49-37(47)45-29-17-15-27(19-29)33(45)35-41-21-31(43-35)25-11-7-23(8-12-25)24-9-13-26(14-10-24)32-22-42-36(44-32)34-28-16-18-30(20-28)46(34)38(48)50-40(4,5)6/h7-14,21-22,27-30,33-34H,15-20H2,1-6H3,(H,41,43)(H,42,44)/t27-,28-,29+,30?,33-,34-/m0/s1. The highest BCUT2D eigenvalue weighted by molar-refractivity contribution is 5.73. The predicted molar refractivity (Wildman–Crippen MR) is 191 cm³/mol. The fourth-order valence-electron chi connectivity index (χ4n) is 8.79. The van der Waals surface area contributed by atoms with Gasteiger partial charge in [0.2, 0.25) is 0 Å². The van der Waals surface area contributed by atoms with E-state index in [1.807, 2.05) is 63.7 Å². The van der Waals surface area contributed by atoms with Crippen LogP contribution in [-0.4, -0.2) is 65.2 Å². The number of amides is 2. The molecule has 10 heteroatoms. The van der Waals surface area contributed by atoms with Crippen molar-refractivity contribution >= 4 is 12.2 Å². The first-order chi connectivity index (χ1) is 23.8. The number of nitrogens with one attached hydrogen (secondary N) is 2. The Labute approximate surface area is 294 Å². The molecule has 4 fully saturated rings. The average molecular weight is 677 g/mol. The largest absolute Gasteiger partial charge is 0.444 e. The van der Waals surface area contributed by atoms with Gasteiger partial charge in [-0.15, -0.1) is 0 Å². The summed E-state index contributed by atoms with van der Waals surface area (Å²) >= 11 is 0. The Balaban J connectivity index is 0.953. The highest BCUT2D eigenvalue weighted by atomic mass is 16.6. The van der Waals surface area contributed by atoms with Crippen molar-refractivity contribution in [1.29, 1.82) is 0 Å². The number of aromatic amines is 2. The van der Waals surface area contributed by atoms with E-state index in [9.17, 15) is 9.59 Å². The van der Waals surface area contributed by atoms with Crippen LogP contribution in [-0.2, 0) is 9.47 Å². The number of H-pyrrole nitrogens is 2. The van der Waals surface area contributed by atoms with Crippen LogP contribution in [0.5, 0.6) is 0 Å². The highest BCUT2D eigenvalue weighted by Gasteiger charge is 2.52. The molecule has 2 aliphatic heterocycles. The number of imidazole rings is 2. The molecular weight excluding hydrogens is 628 g/mol. The van der Waals surface area contributed by atoms with Crippen molar-refractivity contribution in [3.8, 4) is 33.6 Å². The maximum absolute atomic E-state index is 13.2. The molecule has 2 N–H and O–H groups in total. The van der Waals surface area contributed by atoms with Crippen molar-refractivity contribution in [3.63, 3.8) is 0 Å². The molecule has 0 spiro atoms. The van der Waals surface area contributed by atoms with Crippen LogP contribution in [0.2, 0.25) is 0 Å². The SMILES string of the molecule is CC(C)(C)OC(=O)N1C2CC[C@@H](C2)[C@H]1c1ncc(-c2ccc(-c3ccc(-c4cnc([C@@H]5[C@H]6CC[C@H](C6)N5C(=O)OC(C)(C)C)[nH]4)cc3)cc2)[nH]1. The van der Waals surface area contributed by atoms with Crippen molar-refractivity contribution < 1.29 is 19.1 Å². The Kier molecular flexibility index (Phi) is 7.84. The van der Waals surface area contributed by atoms with Crippen LogP contribution in [0.4, 0.5) is 9.59 Å². The lowest BCUT2D eigenvalue weighted by Gasteiger charge is -2.35. The van der Waals surface area contributed by atoms with Crippen molar-refractivity contribution in [2.24, 2.45) is 11.8 Å². The van der Waals surface area contributed by atoms with Crippen molar-refractivity contribution in [2.75, 3.05) is 0 Å². The Morgan fingerprint density at radius 3 is 1.32 bits per heavy atom. The molecule has 10 nitrogen and oxygen atoms in total. The molecule has 2 aromatic carbocycles. The van der Waals surface area contributed by atoms with Gasteiger partial charge in [0.1, 0.15) is 22.9 Å². The monoisotopic (exact) mass is 676 g/mol. The number of fused-ring (bicyclic) bond motifs is 4. The Hall–Kier alpha value is -4.60. The second-order valence-electron chi connectivity index (χ2n) is 16.6. The Bertz CT molecular complexity index is 1740. The van der Waals surface area contributed by atoms with Gasteiger partial charge >= 0.3 is 12.2 Å². The zero-order chi connectivity index (χ0) is 34.9. The average Bonchev–Trinajstić information content (AvgIpc) is 3.92. The van der Waals surface area contributed by atoms with Crippen LogP contribution in [0.25, 0.3) is 33.6 Å². The van der Waals surface area contributed by atoms with E-state index in [2.05, 4.69) is 58.5 Å². The molecule has 4 bridgehead atoms. The predicted octanol–water partition coefficient (Wildman–Crippen LogP) is 9.05. The summed E-state index contributed by atoms with van der Waals surface area (Å²) in [5.74, 6) is 2.46. The minimum Gasteiger partial charge on any atom is -0.444 e. The number of piperidine rings is 2. The van der Waals surface area contributed by atoms with Gasteiger partial charge in [-0.2, -0.15) is 0 Å². The summed E-state index contributed by atoms with van der Waals surface area (Å²) in [6, 6.07) is 17.2. The fourth-order valence-corrected chi connectivity index (χ4v) is 8.79. The molecule has 2 amide bonds. The molecule has 4 heterocycles. The number of nitrogens with zero attached hydrogens (tertiary/aromatic N) is 4. The summed E-state index contributed by atoms with van der Waals surface area (Å²) in [5.41, 5.74) is 5.11. The number of rotatable bonds is 5. The number of benzene rings is 2. The Morgan fingerprint density at radius 1 is 0.600 bits per heavy atom. The first-order valence-electron chi connectivity index (χ1n) is 18.1. The van der Waals surface area contributed by atoms with Gasteiger partial charge in [0.15, 0.2) is 0 Å². The molecule has 4 aliphatic rings. The summed E-state index contributed by atoms with van der Waals surface area (Å²) in [6.07, 6.45) is 9.52. The molecule has 2 saturated heterocycles. The third kappa shape index (κ3) is 6.07. The maximum Gasteiger partial charge on any atom is 0.411 e. The quantitative estimate of drug-likeness (QED) is 0.218. The lowest BCUT2D eigenvalue weighted by atomic mass is 9.98. The topological polar surface area (TPSA) is 116 Å². The molecule has 262 valence electrons. The molecule has 4 aromatic rings. The number of ether oxygens (including phenoxy) is 2. The van der Waals surface area contributed by atoms with Crippen LogP contribution in [0, 0.1) is 11.8 Å². The molecule has 1 unspecified atom stereocenters. The molecule has 2 aliphatic carbocycles. The smallest absolute Gasteiger partial charge is 0.411 e. The summed E-state index contributed by atoms with van der Waals surface area (Å²) in [5, 5.41) is 0.